The van der Waals surface area contributed by atoms with Gasteiger partial charge in [0.1, 0.15) is 6.04 Å². The molecule has 10 heteroatoms. The molecule has 0 aromatic heterocycles. The molecule has 0 aliphatic carbocycles. The van der Waals surface area contributed by atoms with Gasteiger partial charge in [-0.2, -0.15) is 0 Å². The minimum atomic E-state index is -0.934. The average Bonchev–Trinajstić information content (AvgIpc) is 2.46. The second-order valence-electron chi connectivity index (χ2n) is 4.07. The fourth-order valence-electron chi connectivity index (χ4n) is 1.51. The summed E-state index contributed by atoms with van der Waals surface area (Å²) < 4.78 is 9.23. The number of halogens is 1. The Morgan fingerprint density at radius 2 is 2.00 bits per heavy atom. The van der Waals surface area contributed by atoms with Crippen LogP contribution >= 0.6 is 12.4 Å². The summed E-state index contributed by atoms with van der Waals surface area (Å²) in [6, 6.07) is 2.49. The molecule has 1 aromatic carbocycles. The van der Waals surface area contributed by atoms with Crippen LogP contribution < -0.4 is 11.1 Å². The molecule has 0 heterocycles. The summed E-state index contributed by atoms with van der Waals surface area (Å²) in [5, 5.41) is 13.2. The van der Waals surface area contributed by atoms with E-state index in [2.05, 4.69) is 10.1 Å². The standard InChI is InChI=1S/C12H15N3O6.ClH/c1-20-6-10(13)11(16)14-8-3-7(12(17)21-2)4-9(5-8)15(18)19;/h3-5,10H,6,13H2,1-2H3,(H,14,16);1H. The molecule has 9 nitrogen and oxygen atoms in total. The van der Waals surface area contributed by atoms with Crippen LogP contribution in [-0.2, 0) is 14.3 Å². The first-order chi connectivity index (χ1) is 9.88. The van der Waals surface area contributed by atoms with E-state index in [-0.39, 0.29) is 36.0 Å². The molecule has 3 N–H and O–H groups in total. The smallest absolute Gasteiger partial charge is 0.338 e. The highest BCUT2D eigenvalue weighted by atomic mass is 35.5. The maximum Gasteiger partial charge on any atom is 0.338 e. The molecule has 0 saturated carbocycles. The van der Waals surface area contributed by atoms with E-state index in [1.807, 2.05) is 0 Å². The van der Waals surface area contributed by atoms with Crippen molar-refractivity contribution in [1.82, 2.24) is 0 Å². The molecule has 0 radical (unpaired) electrons. The maximum absolute atomic E-state index is 11.7. The molecule has 1 atom stereocenters. The van der Waals surface area contributed by atoms with Gasteiger partial charge in [-0.05, 0) is 6.07 Å². The Hall–Kier alpha value is -2.23. The van der Waals surface area contributed by atoms with Gasteiger partial charge in [0.2, 0.25) is 5.91 Å². The van der Waals surface area contributed by atoms with Crippen LogP contribution in [0.2, 0.25) is 0 Å². The molecule has 0 fully saturated rings. The van der Waals surface area contributed by atoms with Gasteiger partial charge in [0.05, 0.1) is 24.2 Å². The van der Waals surface area contributed by atoms with Gasteiger partial charge in [0, 0.05) is 24.9 Å². The number of methoxy groups -OCH3 is 2. The predicted molar refractivity (Wildman–Crippen MR) is 80.2 cm³/mol. The first-order valence-corrected chi connectivity index (χ1v) is 5.82. The van der Waals surface area contributed by atoms with E-state index in [0.717, 1.165) is 19.2 Å². The quantitative estimate of drug-likeness (QED) is 0.445. The number of hydrogen-bond donors (Lipinski definition) is 2. The number of hydrogen-bond acceptors (Lipinski definition) is 7. The monoisotopic (exact) mass is 333 g/mol. The zero-order valence-electron chi connectivity index (χ0n) is 11.9. The van der Waals surface area contributed by atoms with Crippen LogP contribution in [-0.4, -0.2) is 43.7 Å². The van der Waals surface area contributed by atoms with E-state index in [1.165, 1.54) is 13.2 Å². The Bertz CT molecular complexity index is 566. The molecule has 1 rings (SSSR count). The molecule has 1 unspecified atom stereocenters. The Labute approximate surface area is 132 Å². The van der Waals surface area contributed by atoms with Crippen molar-refractivity contribution in [2.24, 2.45) is 5.73 Å². The molecule has 122 valence electrons. The lowest BCUT2D eigenvalue weighted by molar-refractivity contribution is -0.384. The van der Waals surface area contributed by atoms with Crippen molar-refractivity contribution in [2.75, 3.05) is 26.1 Å². The molecule has 1 aromatic rings. The fraction of sp³-hybridized carbons (Fsp3) is 0.333. The van der Waals surface area contributed by atoms with Crippen LogP contribution in [0.15, 0.2) is 18.2 Å². The number of ether oxygens (including phenoxy) is 2. The number of esters is 1. The Morgan fingerprint density at radius 1 is 1.36 bits per heavy atom. The number of amides is 1. The summed E-state index contributed by atoms with van der Waals surface area (Å²) in [4.78, 5) is 33.3. The van der Waals surface area contributed by atoms with Crippen LogP contribution in [0.25, 0.3) is 0 Å². The lowest BCUT2D eigenvalue weighted by atomic mass is 10.1. The van der Waals surface area contributed by atoms with E-state index >= 15 is 0 Å². The molecular weight excluding hydrogens is 318 g/mol. The molecule has 0 spiro atoms. The van der Waals surface area contributed by atoms with Crippen LogP contribution in [0.4, 0.5) is 11.4 Å². The highest BCUT2D eigenvalue weighted by Crippen LogP contribution is 2.21. The summed E-state index contributed by atoms with van der Waals surface area (Å²) in [5.74, 6) is -1.34. The summed E-state index contributed by atoms with van der Waals surface area (Å²) in [6.07, 6.45) is 0. The number of carbonyl (C=O) groups excluding carboxylic acids is 2. The van der Waals surface area contributed by atoms with Gasteiger partial charge in [-0.25, -0.2) is 4.79 Å². The highest BCUT2D eigenvalue weighted by molar-refractivity contribution is 5.97. The zero-order valence-corrected chi connectivity index (χ0v) is 12.7. The van der Waals surface area contributed by atoms with Crippen LogP contribution in [0, 0.1) is 10.1 Å². The van der Waals surface area contributed by atoms with Crippen molar-refractivity contribution in [2.45, 2.75) is 6.04 Å². The number of nitrogens with one attached hydrogen (secondary N) is 1. The molecule has 0 aliphatic heterocycles. The Morgan fingerprint density at radius 3 is 2.50 bits per heavy atom. The van der Waals surface area contributed by atoms with Gasteiger partial charge in [0.25, 0.3) is 5.69 Å². The average molecular weight is 334 g/mol. The SMILES string of the molecule is COCC(N)C(=O)Nc1cc(C(=O)OC)cc([N+](=O)[O-])c1.Cl. The number of benzene rings is 1. The largest absolute Gasteiger partial charge is 0.465 e. The number of nitro groups is 1. The summed E-state index contributed by atoms with van der Waals surface area (Å²) in [5.41, 5.74) is 5.20. The van der Waals surface area contributed by atoms with Crippen LogP contribution in [0.3, 0.4) is 0 Å². The number of nitrogens with two attached hydrogens (primary N) is 1. The van der Waals surface area contributed by atoms with Crippen LogP contribution in [0.1, 0.15) is 10.4 Å². The van der Waals surface area contributed by atoms with E-state index in [4.69, 9.17) is 10.5 Å². The summed E-state index contributed by atoms with van der Waals surface area (Å²) in [6.45, 7) is -0.00931. The van der Waals surface area contributed by atoms with E-state index in [1.54, 1.807) is 0 Å². The third-order valence-electron chi connectivity index (χ3n) is 2.50. The highest BCUT2D eigenvalue weighted by Gasteiger charge is 2.18. The number of rotatable bonds is 6. The van der Waals surface area contributed by atoms with Crippen molar-refractivity contribution >= 4 is 35.7 Å². The van der Waals surface area contributed by atoms with Gasteiger partial charge >= 0.3 is 5.97 Å². The number of non-ortho nitro benzene ring substituents is 1. The van der Waals surface area contributed by atoms with E-state index in [9.17, 15) is 19.7 Å². The molecule has 0 aliphatic rings. The maximum atomic E-state index is 11.7. The minimum absolute atomic E-state index is 0. The van der Waals surface area contributed by atoms with E-state index < -0.39 is 22.8 Å². The third kappa shape index (κ3) is 5.28. The van der Waals surface area contributed by atoms with Crippen molar-refractivity contribution in [3.05, 3.63) is 33.9 Å². The minimum Gasteiger partial charge on any atom is -0.465 e. The molecule has 0 saturated heterocycles. The molecule has 22 heavy (non-hydrogen) atoms. The lowest BCUT2D eigenvalue weighted by Gasteiger charge is -2.11. The van der Waals surface area contributed by atoms with Crippen molar-refractivity contribution in [1.29, 1.82) is 0 Å². The summed E-state index contributed by atoms with van der Waals surface area (Å²) in [7, 11) is 2.53. The molecular formula is C12H16ClN3O6. The topological polar surface area (TPSA) is 134 Å². The first-order valence-electron chi connectivity index (χ1n) is 5.82. The fourth-order valence-corrected chi connectivity index (χ4v) is 1.51. The number of carbonyl (C=O) groups is 2. The van der Waals surface area contributed by atoms with Crippen LogP contribution in [0.5, 0.6) is 0 Å². The molecule has 0 bridgehead atoms. The second-order valence-corrected chi connectivity index (χ2v) is 4.07. The van der Waals surface area contributed by atoms with E-state index in [0.29, 0.717) is 0 Å². The van der Waals surface area contributed by atoms with Gasteiger partial charge in [0.15, 0.2) is 0 Å². The summed E-state index contributed by atoms with van der Waals surface area (Å²) >= 11 is 0. The van der Waals surface area contributed by atoms with Gasteiger partial charge in [-0.1, -0.05) is 0 Å². The first kappa shape index (κ1) is 19.8. The van der Waals surface area contributed by atoms with Crippen molar-refractivity contribution in [3.8, 4) is 0 Å². The predicted octanol–water partition coefficient (Wildman–Crippen LogP) is 0.715. The molecule has 1 amide bonds. The lowest BCUT2D eigenvalue weighted by Crippen LogP contribution is -2.39. The van der Waals surface area contributed by atoms with Gasteiger partial charge < -0.3 is 20.5 Å². The zero-order chi connectivity index (χ0) is 16.0. The number of nitro benzene ring substituents is 1. The van der Waals surface area contributed by atoms with Gasteiger partial charge in [-0.15, -0.1) is 12.4 Å². The number of nitrogens with zero attached hydrogens (tertiary/aromatic N) is 1. The van der Waals surface area contributed by atoms with Crippen molar-refractivity contribution < 1.29 is 24.0 Å². The van der Waals surface area contributed by atoms with Gasteiger partial charge in [-0.3, -0.25) is 14.9 Å². The third-order valence-corrected chi connectivity index (χ3v) is 2.50. The number of anilines is 1. The second kappa shape index (κ2) is 8.93. The van der Waals surface area contributed by atoms with Crippen molar-refractivity contribution in [3.63, 3.8) is 0 Å². The normalized spacial score (nSPS) is 11.0. The Balaban J connectivity index is 0.00000441. The Kier molecular flexibility index (Phi) is 8.02.